The topological polar surface area (TPSA) is 59.0 Å². The number of hydrogen-bond donors (Lipinski definition) is 1. The van der Waals surface area contributed by atoms with Crippen molar-refractivity contribution in [3.05, 3.63) is 70.5 Å². The Morgan fingerprint density at radius 2 is 2.00 bits per heavy atom. The van der Waals surface area contributed by atoms with Gasteiger partial charge < -0.3 is 14.6 Å². The van der Waals surface area contributed by atoms with Crippen molar-refractivity contribution in [3.63, 3.8) is 0 Å². The molecule has 2 aromatic rings. The smallest absolute Gasteiger partial charge is 0.306 e. The third-order valence-electron chi connectivity index (χ3n) is 7.44. The maximum Gasteiger partial charge on any atom is 0.306 e. The fourth-order valence-corrected chi connectivity index (χ4v) is 5.33. The number of carbonyl (C=O) groups is 1. The minimum atomic E-state index is -0.590. The lowest BCUT2D eigenvalue weighted by Gasteiger charge is -2.28. The predicted molar refractivity (Wildman–Crippen MR) is 138 cm³/mol. The van der Waals surface area contributed by atoms with E-state index in [2.05, 4.69) is 17.0 Å². The van der Waals surface area contributed by atoms with Crippen LogP contribution in [-0.2, 0) is 27.1 Å². The first kappa shape index (κ1) is 26.8. The maximum atomic E-state index is 14.0. The van der Waals surface area contributed by atoms with Gasteiger partial charge in [0.25, 0.3) is 0 Å². The molecule has 1 aliphatic heterocycles. The number of esters is 1. The van der Waals surface area contributed by atoms with Crippen LogP contribution in [0.1, 0.15) is 67.4 Å². The Morgan fingerprint density at radius 3 is 2.75 bits per heavy atom. The number of aliphatic hydroxyl groups is 1. The Bertz CT molecular complexity index is 1010. The van der Waals surface area contributed by atoms with Crippen molar-refractivity contribution < 1.29 is 23.8 Å². The SMILES string of the molecule is CCOC(=O)CCc1ccccc1[C@@H](OC[C@H](O)CN1CCC[C@H]1Cc1ccc(C)c(F)c1)C1CC1. The zero-order chi connectivity index (χ0) is 25.5. The molecular weight excluding hydrogens is 457 g/mol. The standard InChI is InChI=1S/C30H40FNO4/c1-3-35-29(34)15-14-23-7-4-5-9-27(23)30(24-12-13-24)36-20-26(33)19-32-16-6-8-25(32)17-22-11-10-21(2)28(31)18-22/h4-5,7,9-11,18,24-26,30,33H,3,6,8,12-17,19-20H2,1-2H3/t25-,26+,30-/m0/s1. The molecule has 4 rings (SSSR count). The van der Waals surface area contributed by atoms with E-state index in [1.807, 2.05) is 31.2 Å². The second-order valence-corrected chi connectivity index (χ2v) is 10.3. The third-order valence-corrected chi connectivity index (χ3v) is 7.44. The minimum absolute atomic E-state index is 0.0667. The van der Waals surface area contributed by atoms with E-state index in [-0.39, 0.29) is 24.5 Å². The molecule has 196 valence electrons. The fraction of sp³-hybridized carbons (Fsp3) is 0.567. The number of nitrogens with zero attached hydrogens (tertiary/aromatic N) is 1. The third kappa shape index (κ3) is 7.37. The van der Waals surface area contributed by atoms with Crippen molar-refractivity contribution in [2.75, 3.05) is 26.3 Å². The predicted octanol–water partition coefficient (Wildman–Crippen LogP) is 5.17. The highest BCUT2D eigenvalue weighted by Gasteiger charge is 2.35. The normalized spacial score (nSPS) is 19.8. The summed E-state index contributed by atoms with van der Waals surface area (Å²) in [5.41, 5.74) is 3.91. The zero-order valence-electron chi connectivity index (χ0n) is 21.6. The lowest BCUT2D eigenvalue weighted by Crippen LogP contribution is -2.39. The molecular formula is C30H40FNO4. The molecule has 1 saturated heterocycles. The number of carbonyl (C=O) groups excluding carboxylic acids is 1. The fourth-order valence-electron chi connectivity index (χ4n) is 5.33. The molecule has 5 nitrogen and oxygen atoms in total. The second kappa shape index (κ2) is 12.8. The van der Waals surface area contributed by atoms with Crippen LogP contribution in [0.3, 0.4) is 0 Å². The molecule has 36 heavy (non-hydrogen) atoms. The van der Waals surface area contributed by atoms with Gasteiger partial charge in [-0.3, -0.25) is 9.69 Å². The highest BCUT2D eigenvalue weighted by atomic mass is 19.1. The highest BCUT2D eigenvalue weighted by Crippen LogP contribution is 2.44. The molecule has 0 radical (unpaired) electrons. The van der Waals surface area contributed by atoms with Gasteiger partial charge >= 0.3 is 5.97 Å². The summed E-state index contributed by atoms with van der Waals surface area (Å²) in [6, 6.07) is 14.0. The van der Waals surface area contributed by atoms with Crippen molar-refractivity contribution >= 4 is 5.97 Å². The van der Waals surface area contributed by atoms with Gasteiger partial charge in [-0.15, -0.1) is 0 Å². The number of likely N-dealkylation sites (tertiary alicyclic amines) is 1. The van der Waals surface area contributed by atoms with Crippen LogP contribution >= 0.6 is 0 Å². The number of hydrogen-bond acceptors (Lipinski definition) is 5. The number of β-amino-alcohol motifs (C(OH)–C–C–N with tert-alkyl or cyclic N) is 1. The Morgan fingerprint density at radius 1 is 1.19 bits per heavy atom. The van der Waals surface area contributed by atoms with E-state index in [1.54, 1.807) is 13.0 Å². The summed E-state index contributed by atoms with van der Waals surface area (Å²) in [7, 11) is 0. The number of benzene rings is 2. The van der Waals surface area contributed by atoms with Crippen LogP contribution in [0, 0.1) is 18.7 Å². The average molecular weight is 498 g/mol. The number of rotatable bonds is 13. The van der Waals surface area contributed by atoms with Gasteiger partial charge in [-0.25, -0.2) is 4.39 Å². The van der Waals surface area contributed by atoms with Crippen LogP contribution in [0.25, 0.3) is 0 Å². The van der Waals surface area contributed by atoms with E-state index < -0.39 is 6.10 Å². The first-order valence-electron chi connectivity index (χ1n) is 13.5. The average Bonchev–Trinajstić information content (AvgIpc) is 3.61. The molecule has 0 amide bonds. The lowest BCUT2D eigenvalue weighted by molar-refractivity contribution is -0.143. The van der Waals surface area contributed by atoms with E-state index in [1.165, 1.54) is 0 Å². The Labute approximate surface area is 214 Å². The van der Waals surface area contributed by atoms with Gasteiger partial charge in [0, 0.05) is 19.0 Å². The molecule has 1 heterocycles. The van der Waals surface area contributed by atoms with Crippen LogP contribution in [0.5, 0.6) is 0 Å². The van der Waals surface area contributed by atoms with Gasteiger partial charge in [0.2, 0.25) is 0 Å². The number of ether oxygens (including phenoxy) is 2. The molecule has 0 aromatic heterocycles. The van der Waals surface area contributed by atoms with Crippen molar-refractivity contribution in [2.24, 2.45) is 5.92 Å². The molecule has 0 unspecified atom stereocenters. The van der Waals surface area contributed by atoms with Crippen molar-refractivity contribution in [2.45, 2.75) is 77.0 Å². The molecule has 1 saturated carbocycles. The summed E-state index contributed by atoms with van der Waals surface area (Å²) in [5, 5.41) is 10.9. The van der Waals surface area contributed by atoms with Crippen molar-refractivity contribution in [1.29, 1.82) is 0 Å². The van der Waals surface area contributed by atoms with E-state index in [0.29, 0.717) is 43.5 Å². The van der Waals surface area contributed by atoms with Crippen molar-refractivity contribution in [3.8, 4) is 0 Å². The molecule has 0 bridgehead atoms. The summed E-state index contributed by atoms with van der Waals surface area (Å²) >= 11 is 0. The van der Waals surface area contributed by atoms with Crippen LogP contribution in [0.15, 0.2) is 42.5 Å². The van der Waals surface area contributed by atoms with Crippen LogP contribution in [0.2, 0.25) is 0 Å². The van der Waals surface area contributed by atoms with Gasteiger partial charge in [-0.05, 0) is 93.2 Å². The van der Waals surface area contributed by atoms with Gasteiger partial charge in [0.05, 0.1) is 25.4 Å². The summed E-state index contributed by atoms with van der Waals surface area (Å²) in [4.78, 5) is 14.2. The quantitative estimate of drug-likeness (QED) is 0.387. The number of aliphatic hydroxyl groups excluding tert-OH is 1. The second-order valence-electron chi connectivity index (χ2n) is 10.3. The zero-order valence-corrected chi connectivity index (χ0v) is 21.6. The first-order valence-corrected chi connectivity index (χ1v) is 13.5. The van der Waals surface area contributed by atoms with Crippen molar-refractivity contribution in [1.82, 2.24) is 4.90 Å². The molecule has 0 spiro atoms. The number of aryl methyl sites for hydroxylation is 2. The van der Waals surface area contributed by atoms with Gasteiger partial charge in [0.15, 0.2) is 0 Å². The molecule has 3 atom stereocenters. The maximum absolute atomic E-state index is 14.0. The van der Waals surface area contributed by atoms with Gasteiger partial charge in [-0.2, -0.15) is 0 Å². The summed E-state index contributed by atoms with van der Waals surface area (Å²) in [5.74, 6) is 0.121. The van der Waals surface area contributed by atoms with E-state index >= 15 is 0 Å². The lowest BCUT2D eigenvalue weighted by atomic mass is 9.96. The first-order chi connectivity index (χ1) is 17.4. The van der Waals surface area contributed by atoms with Crippen LogP contribution in [0.4, 0.5) is 4.39 Å². The summed E-state index contributed by atoms with van der Waals surface area (Å²) in [6.45, 7) is 5.77. The van der Waals surface area contributed by atoms with E-state index in [0.717, 1.165) is 55.3 Å². The highest BCUT2D eigenvalue weighted by molar-refractivity contribution is 5.69. The van der Waals surface area contributed by atoms with E-state index in [9.17, 15) is 14.3 Å². The summed E-state index contributed by atoms with van der Waals surface area (Å²) in [6.07, 6.45) is 5.50. The molecule has 2 aromatic carbocycles. The van der Waals surface area contributed by atoms with Crippen LogP contribution in [-0.4, -0.2) is 54.4 Å². The number of halogens is 1. The molecule has 1 N–H and O–H groups in total. The largest absolute Gasteiger partial charge is 0.466 e. The van der Waals surface area contributed by atoms with E-state index in [4.69, 9.17) is 9.47 Å². The van der Waals surface area contributed by atoms with Gasteiger partial charge in [0.1, 0.15) is 5.82 Å². The minimum Gasteiger partial charge on any atom is -0.466 e. The molecule has 6 heteroatoms. The van der Waals surface area contributed by atoms with Crippen LogP contribution < -0.4 is 0 Å². The molecule has 2 aliphatic rings. The molecule has 2 fully saturated rings. The monoisotopic (exact) mass is 497 g/mol. The Kier molecular flexibility index (Phi) is 9.52. The van der Waals surface area contributed by atoms with Gasteiger partial charge in [-0.1, -0.05) is 36.4 Å². The molecule has 1 aliphatic carbocycles. The Hall–Kier alpha value is -2.28. The summed E-state index contributed by atoms with van der Waals surface area (Å²) < 4.78 is 25.5. The Balaban J connectivity index is 1.33.